The number of allylic oxidation sites excluding steroid dienone is 15. The van der Waals surface area contributed by atoms with Crippen molar-refractivity contribution in [1.29, 1.82) is 0 Å². The molecule has 0 fully saturated rings. The Kier molecular flexibility index (Phi) is 41.8. The second-order valence-corrected chi connectivity index (χ2v) is 18.8. The summed E-state index contributed by atoms with van der Waals surface area (Å²) in [5.41, 5.74) is 0. The van der Waals surface area contributed by atoms with Crippen LogP contribution in [-0.4, -0.2) is 68.5 Å². The van der Waals surface area contributed by atoms with Crippen molar-refractivity contribution in [2.45, 2.75) is 193 Å². The Balaban J connectivity index is 4.52. The molecule has 0 rings (SSSR count). The number of hydrogen-bond acceptors (Lipinski definition) is 6. The smallest absolute Gasteiger partial charge is 0.268 e. The largest absolute Gasteiger partial charge is 0.756 e. The molecule has 8 nitrogen and oxygen atoms in total. The summed E-state index contributed by atoms with van der Waals surface area (Å²) in [6.07, 6.45) is 61.8. The molecule has 1 amide bonds. The van der Waals surface area contributed by atoms with Crippen LogP contribution in [0.25, 0.3) is 0 Å². The number of phosphoric acid groups is 1. The van der Waals surface area contributed by atoms with E-state index in [4.69, 9.17) is 9.05 Å². The molecule has 3 unspecified atom stereocenters. The molecule has 0 spiro atoms. The van der Waals surface area contributed by atoms with Crippen molar-refractivity contribution in [3.63, 3.8) is 0 Å². The molecule has 0 aromatic heterocycles. The zero-order chi connectivity index (χ0) is 45.7. The molecule has 0 bridgehead atoms. The third-order valence-electron chi connectivity index (χ3n) is 10.3. The Morgan fingerprint density at radius 1 is 0.581 bits per heavy atom. The lowest BCUT2D eigenvalue weighted by Gasteiger charge is -2.29. The molecule has 0 aliphatic heterocycles. The first-order valence-corrected chi connectivity index (χ1v) is 26.1. The fourth-order valence-electron chi connectivity index (χ4n) is 6.41. The van der Waals surface area contributed by atoms with Crippen molar-refractivity contribution in [2.24, 2.45) is 0 Å². The number of carbonyl (C=O) groups is 1. The van der Waals surface area contributed by atoms with Crippen LogP contribution in [0, 0.1) is 0 Å². The maximum Gasteiger partial charge on any atom is 0.268 e. The van der Waals surface area contributed by atoms with Crippen LogP contribution < -0.4 is 10.2 Å². The highest BCUT2D eigenvalue weighted by Crippen LogP contribution is 2.38. The number of amides is 1. The summed E-state index contributed by atoms with van der Waals surface area (Å²) in [7, 11) is 1.20. The minimum atomic E-state index is -4.62. The average Bonchev–Trinajstić information content (AvgIpc) is 3.23. The van der Waals surface area contributed by atoms with Crippen molar-refractivity contribution < 1.29 is 32.9 Å². The molecule has 0 aliphatic carbocycles. The van der Waals surface area contributed by atoms with E-state index >= 15 is 0 Å². The quantitative estimate of drug-likeness (QED) is 0.0273. The van der Waals surface area contributed by atoms with Gasteiger partial charge < -0.3 is 28.8 Å². The van der Waals surface area contributed by atoms with Crippen LogP contribution in [0.5, 0.6) is 0 Å². The van der Waals surface area contributed by atoms with E-state index in [1.165, 1.54) is 83.5 Å². The number of nitrogens with one attached hydrogen (secondary N) is 1. The predicted octanol–water partition coefficient (Wildman–Crippen LogP) is 13.7. The van der Waals surface area contributed by atoms with Crippen LogP contribution in [-0.2, 0) is 18.4 Å². The lowest BCUT2D eigenvalue weighted by atomic mass is 10.0. The molecule has 2 N–H and O–H groups in total. The predicted molar refractivity (Wildman–Crippen MR) is 265 cm³/mol. The lowest BCUT2D eigenvalue weighted by Crippen LogP contribution is -2.45. The van der Waals surface area contributed by atoms with Gasteiger partial charge in [0, 0.05) is 6.42 Å². The molecule has 0 saturated carbocycles. The van der Waals surface area contributed by atoms with Crippen molar-refractivity contribution >= 4 is 13.7 Å². The van der Waals surface area contributed by atoms with Crippen molar-refractivity contribution in [1.82, 2.24) is 5.32 Å². The first-order valence-electron chi connectivity index (χ1n) is 24.6. The minimum absolute atomic E-state index is 0.0204. The van der Waals surface area contributed by atoms with E-state index < -0.39 is 26.6 Å². The van der Waals surface area contributed by atoms with Crippen LogP contribution in [0.1, 0.15) is 181 Å². The van der Waals surface area contributed by atoms with E-state index in [9.17, 15) is 19.4 Å². The third kappa shape index (κ3) is 45.4. The van der Waals surface area contributed by atoms with Gasteiger partial charge in [0.1, 0.15) is 13.2 Å². The first-order chi connectivity index (χ1) is 30.0. The molecule has 0 radical (unpaired) electrons. The number of phosphoric ester groups is 1. The molecular formula is C53H93N2O6P. The maximum absolute atomic E-state index is 12.9. The standard InChI is InChI=1S/C53H93N2O6P/c1-6-8-10-12-14-16-18-20-22-24-26-27-29-31-33-35-37-39-41-43-45-47-53(57)54-51(50-61-62(58,59)60-49-48-55(3,4)5)52(56)46-44-42-40-38-36-34-32-30-28-25-23-21-19-17-15-13-11-9-7-2/h8,10,14,16,20,22,26-27,31,33,36-39,44,46,51-52,56H,6-7,9,11-13,15,17-19,21,23-25,28-30,32,34-35,40-43,45,47-50H2,1-5H3,(H-,54,57,58,59)/b10-8-,16-14-,22-20-,27-26-,33-31-,38-36+,39-37-,46-44+. The fourth-order valence-corrected chi connectivity index (χ4v) is 7.13. The van der Waals surface area contributed by atoms with E-state index in [-0.39, 0.29) is 18.9 Å². The minimum Gasteiger partial charge on any atom is -0.756 e. The zero-order valence-electron chi connectivity index (χ0n) is 40.3. The van der Waals surface area contributed by atoms with Crippen molar-refractivity contribution in [2.75, 3.05) is 40.9 Å². The Bertz CT molecular complexity index is 1330. The van der Waals surface area contributed by atoms with Gasteiger partial charge >= 0.3 is 0 Å². The number of nitrogens with zero attached hydrogens (tertiary/aromatic N) is 1. The van der Waals surface area contributed by atoms with Crippen LogP contribution in [0.4, 0.5) is 0 Å². The van der Waals surface area contributed by atoms with Crippen LogP contribution in [0.2, 0.25) is 0 Å². The summed E-state index contributed by atoms with van der Waals surface area (Å²) in [5, 5.41) is 13.8. The summed E-state index contributed by atoms with van der Waals surface area (Å²) in [6, 6.07) is -0.933. The third-order valence-corrected chi connectivity index (χ3v) is 11.2. The van der Waals surface area contributed by atoms with E-state index in [2.05, 4.69) is 104 Å². The summed E-state index contributed by atoms with van der Waals surface area (Å²) in [5.74, 6) is -0.253. The van der Waals surface area contributed by atoms with Gasteiger partial charge in [-0.2, -0.15) is 0 Å². The van der Waals surface area contributed by atoms with Gasteiger partial charge in [-0.15, -0.1) is 0 Å². The Morgan fingerprint density at radius 2 is 1.00 bits per heavy atom. The highest BCUT2D eigenvalue weighted by atomic mass is 31.2. The number of likely N-dealkylation sites (N-methyl/N-ethyl adjacent to an activating group) is 1. The highest BCUT2D eigenvalue weighted by molar-refractivity contribution is 7.45. The molecule has 0 heterocycles. The van der Waals surface area contributed by atoms with Crippen molar-refractivity contribution in [3.8, 4) is 0 Å². The lowest BCUT2D eigenvalue weighted by molar-refractivity contribution is -0.870. The summed E-state index contributed by atoms with van der Waals surface area (Å²) >= 11 is 0. The molecule has 356 valence electrons. The summed E-state index contributed by atoms with van der Waals surface area (Å²) in [4.78, 5) is 25.4. The Hall–Kier alpha value is -2.58. The fraction of sp³-hybridized carbons (Fsp3) is 0.679. The normalized spacial score (nSPS) is 15.0. The molecular weight excluding hydrogens is 792 g/mol. The number of aliphatic hydroxyl groups is 1. The van der Waals surface area contributed by atoms with E-state index in [0.29, 0.717) is 17.4 Å². The number of rotatable bonds is 43. The van der Waals surface area contributed by atoms with Gasteiger partial charge in [-0.25, -0.2) is 0 Å². The monoisotopic (exact) mass is 885 g/mol. The van der Waals surface area contributed by atoms with Crippen LogP contribution in [0.3, 0.4) is 0 Å². The van der Waals surface area contributed by atoms with E-state index in [0.717, 1.165) is 70.6 Å². The Labute approximate surface area is 381 Å². The van der Waals surface area contributed by atoms with Gasteiger partial charge in [0.05, 0.1) is 39.9 Å². The number of carbonyl (C=O) groups excluding carboxylic acids is 1. The number of unbranched alkanes of at least 4 members (excludes halogenated alkanes) is 16. The maximum atomic E-state index is 12.9. The van der Waals surface area contributed by atoms with Crippen LogP contribution in [0.15, 0.2) is 97.2 Å². The van der Waals surface area contributed by atoms with Gasteiger partial charge in [0.2, 0.25) is 5.91 Å². The molecule has 9 heteroatoms. The highest BCUT2D eigenvalue weighted by Gasteiger charge is 2.23. The van der Waals surface area contributed by atoms with Gasteiger partial charge in [-0.05, 0) is 83.5 Å². The van der Waals surface area contributed by atoms with Gasteiger partial charge in [-0.3, -0.25) is 9.36 Å². The van der Waals surface area contributed by atoms with Gasteiger partial charge in [0.15, 0.2) is 0 Å². The zero-order valence-corrected chi connectivity index (χ0v) is 41.2. The van der Waals surface area contributed by atoms with Crippen LogP contribution >= 0.6 is 7.82 Å². The Morgan fingerprint density at radius 3 is 1.50 bits per heavy atom. The molecule has 0 aromatic rings. The number of hydrogen-bond donors (Lipinski definition) is 2. The molecule has 3 atom stereocenters. The van der Waals surface area contributed by atoms with Crippen molar-refractivity contribution in [3.05, 3.63) is 97.2 Å². The SMILES string of the molecule is CC/C=C\C/C=C\C/C=C\C/C=C\C/C=C\C/C=C\CCCCC(=O)NC(COP(=O)([O-])OCC[N+](C)(C)C)C(O)/C=C/CC/C=C/CCCCCCCCCCCCCCC. The average molecular weight is 885 g/mol. The number of aliphatic hydroxyl groups excluding tert-OH is 1. The van der Waals surface area contributed by atoms with E-state index in [1.54, 1.807) is 6.08 Å². The van der Waals surface area contributed by atoms with Gasteiger partial charge in [0.25, 0.3) is 7.82 Å². The summed E-state index contributed by atoms with van der Waals surface area (Å²) in [6.45, 7) is 4.46. The van der Waals surface area contributed by atoms with Gasteiger partial charge in [-0.1, -0.05) is 188 Å². The topological polar surface area (TPSA) is 108 Å². The molecule has 62 heavy (non-hydrogen) atoms. The molecule has 0 aromatic carbocycles. The molecule has 0 saturated heterocycles. The number of quaternary nitrogens is 1. The second kappa shape index (κ2) is 43.7. The summed E-state index contributed by atoms with van der Waals surface area (Å²) < 4.78 is 23.2. The van der Waals surface area contributed by atoms with E-state index in [1.807, 2.05) is 27.2 Å². The molecule has 0 aliphatic rings. The second-order valence-electron chi connectivity index (χ2n) is 17.4. The first kappa shape index (κ1) is 59.4.